The molecule has 1 amide bonds. The Morgan fingerprint density at radius 1 is 0.922 bits per heavy atom. The SMILES string of the molecule is CC(C)(C)OC(=O)N1CCC(N2CCC3(CC2)CC(Oc2cc(N4C5CCC4CN(c4cc(-c6ccccc6O)nnc4N)C5)ccn2)C3)CC1. The number of likely N-dealkylation sites (tertiary alicyclic amines) is 2. The highest BCUT2D eigenvalue weighted by Gasteiger charge is 2.48. The number of anilines is 3. The molecule has 2 unspecified atom stereocenters. The van der Waals surface area contributed by atoms with Crippen LogP contribution >= 0.6 is 0 Å². The molecule has 51 heavy (non-hydrogen) atoms. The number of nitrogens with zero attached hydrogens (tertiary/aromatic N) is 7. The Hall–Kier alpha value is -4.32. The van der Waals surface area contributed by atoms with Crippen molar-refractivity contribution in [3.63, 3.8) is 0 Å². The summed E-state index contributed by atoms with van der Waals surface area (Å²) >= 11 is 0. The van der Waals surface area contributed by atoms with Gasteiger partial charge in [0.05, 0.1) is 11.4 Å². The highest BCUT2D eigenvalue weighted by Crippen LogP contribution is 2.51. The molecule has 3 aromatic rings. The molecule has 4 aliphatic heterocycles. The van der Waals surface area contributed by atoms with Gasteiger partial charge in [0.1, 0.15) is 17.5 Å². The third-order valence-electron chi connectivity index (χ3n) is 11.9. The van der Waals surface area contributed by atoms with Crippen molar-refractivity contribution in [2.45, 2.75) is 102 Å². The molecule has 5 fully saturated rings. The van der Waals surface area contributed by atoms with Crippen molar-refractivity contribution < 1.29 is 19.4 Å². The molecule has 2 bridgehead atoms. The zero-order valence-corrected chi connectivity index (χ0v) is 30.2. The molecule has 12 heteroatoms. The van der Waals surface area contributed by atoms with Crippen LogP contribution in [0, 0.1) is 5.41 Å². The number of hydrogen-bond donors (Lipinski definition) is 2. The van der Waals surface area contributed by atoms with E-state index in [1.165, 1.54) is 18.5 Å². The number of phenolic OH excluding ortho intramolecular Hbond substituents is 1. The number of phenols is 1. The van der Waals surface area contributed by atoms with Gasteiger partial charge in [-0.25, -0.2) is 9.78 Å². The number of nitrogens with two attached hydrogens (primary N) is 1. The van der Waals surface area contributed by atoms with Crippen LogP contribution in [-0.2, 0) is 4.74 Å². The Balaban J connectivity index is 0.833. The summed E-state index contributed by atoms with van der Waals surface area (Å²) in [4.78, 5) is 26.6. The molecule has 1 saturated carbocycles. The lowest BCUT2D eigenvalue weighted by Gasteiger charge is -2.53. The quantitative estimate of drug-likeness (QED) is 0.329. The van der Waals surface area contributed by atoms with E-state index >= 15 is 0 Å². The number of carbonyl (C=O) groups excluding carboxylic acids is 1. The summed E-state index contributed by atoms with van der Waals surface area (Å²) in [5.41, 5.74) is 9.59. The molecule has 0 radical (unpaired) electrons. The van der Waals surface area contributed by atoms with Crippen LogP contribution in [0.1, 0.15) is 72.1 Å². The Kier molecular flexibility index (Phi) is 8.84. The first-order valence-electron chi connectivity index (χ1n) is 18.8. The third kappa shape index (κ3) is 6.99. The van der Waals surface area contributed by atoms with Crippen molar-refractivity contribution in [2.24, 2.45) is 5.41 Å². The normalized spacial score (nSPS) is 24.1. The summed E-state index contributed by atoms with van der Waals surface area (Å²) in [6, 6.07) is 14.6. The summed E-state index contributed by atoms with van der Waals surface area (Å²) in [6.07, 6.45) is 10.8. The van der Waals surface area contributed by atoms with E-state index in [1.807, 2.05) is 50.1 Å². The first-order chi connectivity index (χ1) is 24.5. The Labute approximate surface area is 300 Å². The molecule has 5 aliphatic rings. The van der Waals surface area contributed by atoms with Crippen molar-refractivity contribution in [3.05, 3.63) is 48.7 Å². The van der Waals surface area contributed by atoms with Gasteiger partial charge in [-0.2, -0.15) is 0 Å². The van der Waals surface area contributed by atoms with E-state index in [1.54, 1.807) is 12.1 Å². The van der Waals surface area contributed by atoms with E-state index in [2.05, 4.69) is 42.0 Å². The number of fused-ring (bicyclic) bond motifs is 2. The number of aromatic hydroxyl groups is 1. The van der Waals surface area contributed by atoms with Gasteiger partial charge in [-0.3, -0.25) is 0 Å². The van der Waals surface area contributed by atoms with Gasteiger partial charge in [0.2, 0.25) is 5.88 Å². The Bertz CT molecular complexity index is 1710. The van der Waals surface area contributed by atoms with Gasteiger partial charge in [0, 0.05) is 67.8 Å². The third-order valence-corrected chi connectivity index (χ3v) is 11.9. The second-order valence-electron chi connectivity index (χ2n) is 16.4. The van der Waals surface area contributed by atoms with Crippen LogP contribution in [0.4, 0.5) is 22.0 Å². The van der Waals surface area contributed by atoms with E-state index in [0.717, 1.165) is 89.4 Å². The van der Waals surface area contributed by atoms with Gasteiger partial charge < -0.3 is 39.9 Å². The summed E-state index contributed by atoms with van der Waals surface area (Å²) in [7, 11) is 0. The maximum Gasteiger partial charge on any atom is 0.410 e. The lowest BCUT2D eigenvalue weighted by atomic mass is 9.61. The monoisotopic (exact) mass is 696 g/mol. The average Bonchev–Trinajstić information content (AvgIpc) is 3.37. The molecule has 8 rings (SSSR count). The summed E-state index contributed by atoms with van der Waals surface area (Å²) in [6.45, 7) is 11.2. The lowest BCUT2D eigenvalue weighted by Crippen LogP contribution is -2.55. The predicted molar refractivity (Wildman–Crippen MR) is 197 cm³/mol. The largest absolute Gasteiger partial charge is 0.507 e. The fraction of sp³-hybridized carbons (Fsp3) is 0.590. The number of rotatable bonds is 6. The van der Waals surface area contributed by atoms with Crippen LogP contribution < -0.4 is 20.3 Å². The molecule has 272 valence electrons. The first kappa shape index (κ1) is 33.8. The first-order valence-corrected chi connectivity index (χ1v) is 18.8. The van der Waals surface area contributed by atoms with Crippen LogP contribution in [0.3, 0.4) is 0 Å². The van der Waals surface area contributed by atoms with Gasteiger partial charge in [-0.05, 0) is 115 Å². The molecule has 1 aromatic carbocycles. The second-order valence-corrected chi connectivity index (χ2v) is 16.4. The molecule has 1 aliphatic carbocycles. The smallest absolute Gasteiger partial charge is 0.410 e. The minimum atomic E-state index is -0.453. The van der Waals surface area contributed by atoms with Crippen molar-refractivity contribution in [1.82, 2.24) is 25.0 Å². The minimum Gasteiger partial charge on any atom is -0.507 e. The highest BCUT2D eigenvalue weighted by molar-refractivity contribution is 5.74. The van der Waals surface area contributed by atoms with Gasteiger partial charge in [0.25, 0.3) is 0 Å². The molecular formula is C39H52N8O4. The molecule has 4 saturated heterocycles. The fourth-order valence-electron chi connectivity index (χ4n) is 9.28. The van der Waals surface area contributed by atoms with Gasteiger partial charge >= 0.3 is 6.09 Å². The molecule has 2 atom stereocenters. The van der Waals surface area contributed by atoms with Crippen molar-refractivity contribution in [1.29, 1.82) is 0 Å². The van der Waals surface area contributed by atoms with E-state index in [4.69, 9.17) is 15.2 Å². The number of ether oxygens (including phenoxy) is 2. The van der Waals surface area contributed by atoms with Crippen LogP contribution in [0.2, 0.25) is 0 Å². The van der Waals surface area contributed by atoms with Gasteiger partial charge in [-0.15, -0.1) is 10.2 Å². The Morgan fingerprint density at radius 3 is 2.31 bits per heavy atom. The molecular weight excluding hydrogens is 644 g/mol. The standard InChI is InChI=1S/C39H52N8O4/c1-38(2,3)51-37(49)45-16-11-26(12-17-45)44-18-13-39(14-19-44)22-30(23-39)50-35-20-27(10-15-41-35)47-28-8-9-29(47)25-46(24-28)33-21-32(42-43-36(33)40)31-6-4-5-7-34(31)48/h4-7,10,15,20-21,26,28-30,48H,8-9,11-14,16-19,22-25H2,1-3H3,(H2,40,43). The number of carbonyl (C=O) groups is 1. The minimum absolute atomic E-state index is 0.177. The van der Waals surface area contributed by atoms with Crippen LogP contribution in [0.25, 0.3) is 11.3 Å². The number of amides is 1. The van der Waals surface area contributed by atoms with Crippen molar-refractivity contribution >= 4 is 23.3 Å². The number of piperidine rings is 2. The van der Waals surface area contributed by atoms with E-state index in [-0.39, 0.29) is 17.9 Å². The van der Waals surface area contributed by atoms with Gasteiger partial charge in [0.15, 0.2) is 5.82 Å². The van der Waals surface area contributed by atoms with Crippen LogP contribution in [0.5, 0.6) is 11.6 Å². The summed E-state index contributed by atoms with van der Waals surface area (Å²) < 4.78 is 12.1. The van der Waals surface area contributed by atoms with E-state index < -0.39 is 5.60 Å². The molecule has 2 aromatic heterocycles. The lowest BCUT2D eigenvalue weighted by molar-refractivity contribution is -0.0667. The number of benzene rings is 1. The second kappa shape index (κ2) is 13.3. The van der Waals surface area contributed by atoms with E-state index in [9.17, 15) is 9.90 Å². The highest BCUT2D eigenvalue weighted by atomic mass is 16.6. The number of pyridine rings is 1. The number of aromatic nitrogens is 3. The number of piperazine rings is 1. The number of hydrogen-bond acceptors (Lipinski definition) is 11. The number of nitrogen functional groups attached to an aromatic ring is 1. The van der Waals surface area contributed by atoms with Crippen LogP contribution in [-0.4, -0.2) is 105 Å². The summed E-state index contributed by atoms with van der Waals surface area (Å²) in [5, 5.41) is 18.9. The molecule has 1 spiro atoms. The van der Waals surface area contributed by atoms with Crippen molar-refractivity contribution in [3.8, 4) is 22.9 Å². The van der Waals surface area contributed by atoms with Crippen LogP contribution in [0.15, 0.2) is 48.7 Å². The molecule has 6 heterocycles. The average molecular weight is 697 g/mol. The maximum atomic E-state index is 12.5. The summed E-state index contributed by atoms with van der Waals surface area (Å²) in [5.74, 6) is 1.31. The number of para-hydroxylation sites is 1. The van der Waals surface area contributed by atoms with Gasteiger partial charge in [-0.1, -0.05) is 12.1 Å². The zero-order chi connectivity index (χ0) is 35.3. The van der Waals surface area contributed by atoms with E-state index in [0.29, 0.717) is 40.6 Å². The molecule has 3 N–H and O–H groups in total. The Morgan fingerprint density at radius 2 is 1.63 bits per heavy atom. The molecule has 12 nitrogen and oxygen atoms in total. The van der Waals surface area contributed by atoms with Crippen molar-refractivity contribution in [2.75, 3.05) is 54.8 Å². The topological polar surface area (TPSA) is 133 Å². The maximum absolute atomic E-state index is 12.5. The predicted octanol–water partition coefficient (Wildman–Crippen LogP) is 5.71. The fourth-order valence-corrected chi connectivity index (χ4v) is 9.28. The zero-order valence-electron chi connectivity index (χ0n) is 30.2.